The molecule has 0 aromatic heterocycles. The van der Waals surface area contributed by atoms with Crippen molar-refractivity contribution in [2.45, 2.75) is 19.5 Å². The van der Waals surface area contributed by atoms with Crippen LogP contribution in [0.2, 0.25) is 0 Å². The van der Waals surface area contributed by atoms with Crippen LogP contribution in [0.4, 0.5) is 18.9 Å². The van der Waals surface area contributed by atoms with Gasteiger partial charge in [-0.25, -0.2) is 0 Å². The van der Waals surface area contributed by atoms with Crippen LogP contribution in [0.3, 0.4) is 0 Å². The number of amides is 1. The Balaban J connectivity index is 0.00000289. The summed E-state index contributed by atoms with van der Waals surface area (Å²) in [6.07, 6.45) is -4.34. The first-order chi connectivity index (χ1) is 7.84. The molecule has 1 aromatic carbocycles. The molecule has 0 unspecified atom stereocenters. The molecule has 0 heterocycles. The Morgan fingerprint density at radius 2 is 2.00 bits per heavy atom. The van der Waals surface area contributed by atoms with Crippen molar-refractivity contribution < 1.29 is 18.0 Å². The summed E-state index contributed by atoms with van der Waals surface area (Å²) >= 11 is 0. The first kappa shape index (κ1) is 16.7. The molecule has 0 saturated heterocycles. The van der Waals surface area contributed by atoms with Gasteiger partial charge in [0.05, 0.1) is 5.56 Å². The van der Waals surface area contributed by atoms with Gasteiger partial charge in [0.1, 0.15) is 0 Å². The van der Waals surface area contributed by atoms with Crippen LogP contribution >= 0.6 is 12.4 Å². The molecule has 18 heavy (non-hydrogen) atoms. The fraction of sp³-hybridized carbons (Fsp3) is 0.364. The third-order valence-corrected chi connectivity index (χ3v) is 2.20. The van der Waals surface area contributed by atoms with E-state index in [0.29, 0.717) is 0 Å². The minimum Gasteiger partial charge on any atom is -0.330 e. The topological polar surface area (TPSA) is 55.1 Å². The van der Waals surface area contributed by atoms with Crippen LogP contribution < -0.4 is 11.1 Å². The van der Waals surface area contributed by atoms with Crippen LogP contribution in [0, 0.1) is 6.92 Å². The predicted octanol–water partition coefficient (Wildman–Crippen LogP) is 2.72. The number of anilines is 1. The lowest BCUT2D eigenvalue weighted by atomic mass is 10.1. The summed E-state index contributed by atoms with van der Waals surface area (Å²) in [5.74, 6) is -0.399. The third kappa shape index (κ3) is 4.54. The van der Waals surface area contributed by atoms with E-state index < -0.39 is 17.6 Å². The van der Waals surface area contributed by atoms with Gasteiger partial charge >= 0.3 is 6.18 Å². The van der Waals surface area contributed by atoms with Crippen molar-refractivity contribution in [1.82, 2.24) is 0 Å². The van der Waals surface area contributed by atoms with E-state index in [4.69, 9.17) is 5.73 Å². The number of halogens is 4. The van der Waals surface area contributed by atoms with Gasteiger partial charge in [-0.3, -0.25) is 4.79 Å². The number of alkyl halides is 3. The third-order valence-electron chi connectivity index (χ3n) is 2.20. The second-order valence-corrected chi connectivity index (χ2v) is 3.61. The Labute approximate surface area is 109 Å². The Kier molecular flexibility index (Phi) is 6.14. The van der Waals surface area contributed by atoms with Crippen LogP contribution in [-0.4, -0.2) is 12.5 Å². The summed E-state index contributed by atoms with van der Waals surface area (Å²) in [6.45, 7) is 1.53. The minimum atomic E-state index is -4.42. The van der Waals surface area contributed by atoms with E-state index in [1.807, 2.05) is 0 Å². The van der Waals surface area contributed by atoms with Gasteiger partial charge in [-0.15, -0.1) is 12.4 Å². The summed E-state index contributed by atoms with van der Waals surface area (Å²) < 4.78 is 37.7. The summed E-state index contributed by atoms with van der Waals surface area (Å²) in [5, 5.41) is 2.36. The van der Waals surface area contributed by atoms with Gasteiger partial charge < -0.3 is 11.1 Å². The molecule has 0 aliphatic carbocycles. The van der Waals surface area contributed by atoms with Crippen molar-refractivity contribution >= 4 is 24.0 Å². The first-order valence-corrected chi connectivity index (χ1v) is 5.02. The molecule has 3 N–H and O–H groups in total. The zero-order chi connectivity index (χ0) is 13.1. The molecule has 0 bridgehead atoms. The molecule has 1 rings (SSSR count). The van der Waals surface area contributed by atoms with Crippen LogP contribution in [-0.2, 0) is 11.0 Å². The minimum absolute atomic E-state index is 0. The van der Waals surface area contributed by atoms with Crippen LogP contribution in [0.15, 0.2) is 18.2 Å². The molecular weight excluding hydrogens is 269 g/mol. The van der Waals surface area contributed by atoms with E-state index in [1.54, 1.807) is 0 Å². The summed E-state index contributed by atoms with van der Waals surface area (Å²) in [6, 6.07) is 3.67. The molecule has 7 heteroatoms. The lowest BCUT2D eigenvalue weighted by Crippen LogP contribution is -2.17. The SMILES string of the molecule is Cc1ccc(NC(=O)CCN)cc1C(F)(F)F.Cl. The standard InChI is InChI=1S/C11H13F3N2O.ClH/c1-7-2-3-8(16-10(17)4-5-15)6-9(7)11(12,13)14;/h2-3,6H,4-5,15H2,1H3,(H,16,17);1H. The van der Waals surface area contributed by atoms with Gasteiger partial charge in [0, 0.05) is 18.7 Å². The summed E-state index contributed by atoms with van der Waals surface area (Å²) in [4.78, 5) is 11.2. The fourth-order valence-corrected chi connectivity index (χ4v) is 1.36. The summed E-state index contributed by atoms with van der Waals surface area (Å²) in [5.41, 5.74) is 4.66. The normalized spacial score (nSPS) is 10.7. The highest BCUT2D eigenvalue weighted by atomic mass is 35.5. The van der Waals surface area contributed by atoms with E-state index >= 15 is 0 Å². The van der Waals surface area contributed by atoms with Gasteiger partial charge in [0.15, 0.2) is 0 Å². The number of nitrogens with two attached hydrogens (primary N) is 1. The highest BCUT2D eigenvalue weighted by Crippen LogP contribution is 2.33. The largest absolute Gasteiger partial charge is 0.416 e. The molecule has 0 aliphatic rings. The predicted molar refractivity (Wildman–Crippen MR) is 65.7 cm³/mol. The number of hydrogen-bond acceptors (Lipinski definition) is 2. The van der Waals surface area contributed by atoms with Crippen LogP contribution in [0.5, 0.6) is 0 Å². The molecule has 1 amide bonds. The lowest BCUT2D eigenvalue weighted by Gasteiger charge is -2.12. The number of nitrogens with one attached hydrogen (secondary N) is 1. The molecule has 102 valence electrons. The Bertz CT molecular complexity index is 421. The number of carbonyl (C=O) groups is 1. The van der Waals surface area contributed by atoms with E-state index in [9.17, 15) is 18.0 Å². The summed E-state index contributed by atoms with van der Waals surface area (Å²) in [7, 11) is 0. The molecule has 0 fully saturated rings. The van der Waals surface area contributed by atoms with Crippen molar-refractivity contribution in [1.29, 1.82) is 0 Å². The monoisotopic (exact) mass is 282 g/mol. The molecule has 0 aliphatic heterocycles. The van der Waals surface area contributed by atoms with Gasteiger partial charge in [-0.1, -0.05) is 6.07 Å². The average Bonchev–Trinajstić information content (AvgIpc) is 2.19. The fourth-order valence-electron chi connectivity index (χ4n) is 1.36. The van der Waals surface area contributed by atoms with Crippen molar-refractivity contribution in [3.8, 4) is 0 Å². The zero-order valence-corrected chi connectivity index (χ0v) is 10.5. The van der Waals surface area contributed by atoms with E-state index in [0.717, 1.165) is 6.07 Å². The highest BCUT2D eigenvalue weighted by Gasteiger charge is 2.32. The Hall–Kier alpha value is -1.27. The smallest absolute Gasteiger partial charge is 0.330 e. The zero-order valence-electron chi connectivity index (χ0n) is 9.67. The first-order valence-electron chi connectivity index (χ1n) is 5.02. The van der Waals surface area contributed by atoms with E-state index in [-0.39, 0.29) is 36.6 Å². The molecule has 0 saturated carbocycles. The lowest BCUT2D eigenvalue weighted by molar-refractivity contribution is -0.138. The Morgan fingerprint density at radius 1 is 1.39 bits per heavy atom. The number of carbonyl (C=O) groups excluding carboxylic acids is 1. The van der Waals surface area contributed by atoms with Crippen molar-refractivity contribution in [2.24, 2.45) is 5.73 Å². The molecule has 1 aromatic rings. The highest BCUT2D eigenvalue weighted by molar-refractivity contribution is 5.90. The average molecular weight is 283 g/mol. The van der Waals surface area contributed by atoms with Crippen molar-refractivity contribution in [3.05, 3.63) is 29.3 Å². The quantitative estimate of drug-likeness (QED) is 0.895. The van der Waals surface area contributed by atoms with Crippen LogP contribution in [0.1, 0.15) is 17.5 Å². The Morgan fingerprint density at radius 3 is 2.50 bits per heavy atom. The second-order valence-electron chi connectivity index (χ2n) is 3.61. The van der Waals surface area contributed by atoms with E-state index in [1.165, 1.54) is 19.1 Å². The van der Waals surface area contributed by atoms with Gasteiger partial charge in [0.2, 0.25) is 5.91 Å². The van der Waals surface area contributed by atoms with Gasteiger partial charge in [-0.05, 0) is 24.6 Å². The number of aryl methyl sites for hydroxylation is 1. The number of rotatable bonds is 3. The van der Waals surface area contributed by atoms with E-state index in [2.05, 4.69) is 5.32 Å². The maximum absolute atomic E-state index is 12.6. The molecular formula is C11H14ClF3N2O. The second kappa shape index (κ2) is 6.61. The molecule has 3 nitrogen and oxygen atoms in total. The molecule has 0 radical (unpaired) electrons. The maximum Gasteiger partial charge on any atom is 0.416 e. The van der Waals surface area contributed by atoms with Gasteiger partial charge in [-0.2, -0.15) is 13.2 Å². The van der Waals surface area contributed by atoms with Crippen molar-refractivity contribution in [2.75, 3.05) is 11.9 Å². The maximum atomic E-state index is 12.6. The van der Waals surface area contributed by atoms with Crippen LogP contribution in [0.25, 0.3) is 0 Å². The number of hydrogen-bond donors (Lipinski definition) is 2. The molecule has 0 spiro atoms. The molecule has 0 atom stereocenters. The van der Waals surface area contributed by atoms with Crippen molar-refractivity contribution in [3.63, 3.8) is 0 Å². The van der Waals surface area contributed by atoms with Gasteiger partial charge in [0.25, 0.3) is 0 Å². The number of benzene rings is 1.